The molecule has 0 aromatic heterocycles. The highest BCUT2D eigenvalue weighted by Crippen LogP contribution is 2.33. The van der Waals surface area contributed by atoms with Gasteiger partial charge in [0.25, 0.3) is 0 Å². The molecule has 4 heteroatoms. The Kier molecular flexibility index (Phi) is 5.57. The first-order valence-electron chi connectivity index (χ1n) is 7.60. The second kappa shape index (κ2) is 7.21. The number of benzene rings is 1. The normalized spacial score (nSPS) is 20.0. The van der Waals surface area contributed by atoms with Crippen molar-refractivity contribution >= 4 is 17.9 Å². The first kappa shape index (κ1) is 16.2. The lowest BCUT2D eigenvalue weighted by atomic mass is 10.0. The quantitative estimate of drug-likeness (QED) is 0.887. The molecule has 1 aromatic carbocycles. The van der Waals surface area contributed by atoms with Crippen molar-refractivity contribution in [3.05, 3.63) is 35.9 Å². The maximum absolute atomic E-state index is 12.1. The van der Waals surface area contributed by atoms with E-state index in [1.807, 2.05) is 50.7 Å². The van der Waals surface area contributed by atoms with E-state index >= 15 is 0 Å². The average molecular weight is 307 g/mol. The Morgan fingerprint density at radius 3 is 2.67 bits per heavy atom. The SMILES string of the molecule is CC(C)(C)OC(=O)N[C@@H](C[C@H]1CCCS1)c1ccccc1. The molecule has 3 nitrogen and oxygen atoms in total. The number of nitrogens with one attached hydrogen (secondary N) is 1. The van der Waals surface area contributed by atoms with Crippen molar-refractivity contribution in [2.45, 2.75) is 56.9 Å². The summed E-state index contributed by atoms with van der Waals surface area (Å²) in [4.78, 5) is 12.1. The summed E-state index contributed by atoms with van der Waals surface area (Å²) in [5, 5.41) is 3.67. The highest BCUT2D eigenvalue weighted by Gasteiger charge is 2.25. The molecule has 1 saturated heterocycles. The fourth-order valence-corrected chi connectivity index (χ4v) is 3.84. The molecule has 21 heavy (non-hydrogen) atoms. The van der Waals surface area contributed by atoms with Gasteiger partial charge in [0.2, 0.25) is 0 Å². The van der Waals surface area contributed by atoms with E-state index in [-0.39, 0.29) is 12.1 Å². The van der Waals surface area contributed by atoms with Gasteiger partial charge in [-0.2, -0.15) is 11.8 Å². The lowest BCUT2D eigenvalue weighted by molar-refractivity contribution is 0.0501. The van der Waals surface area contributed by atoms with Crippen LogP contribution in [0.5, 0.6) is 0 Å². The van der Waals surface area contributed by atoms with Crippen LogP contribution in [0.25, 0.3) is 0 Å². The minimum atomic E-state index is -0.465. The van der Waals surface area contributed by atoms with Crippen LogP contribution in [-0.4, -0.2) is 22.7 Å². The number of carbonyl (C=O) groups is 1. The Bertz CT molecular complexity index is 450. The van der Waals surface area contributed by atoms with E-state index in [1.54, 1.807) is 0 Å². The fourth-order valence-electron chi connectivity index (χ4n) is 2.51. The van der Waals surface area contributed by atoms with Gasteiger partial charge < -0.3 is 10.1 Å². The standard InChI is InChI=1S/C17H25NO2S/c1-17(2,3)20-16(19)18-15(12-14-10-7-11-21-14)13-8-5-4-6-9-13/h4-6,8-9,14-15H,7,10-12H2,1-3H3,(H,18,19)/t14-,15+/m1/s1. The molecule has 1 fully saturated rings. The van der Waals surface area contributed by atoms with E-state index in [0.29, 0.717) is 5.25 Å². The smallest absolute Gasteiger partial charge is 0.408 e. The lowest BCUT2D eigenvalue weighted by Crippen LogP contribution is -2.35. The van der Waals surface area contributed by atoms with Gasteiger partial charge in [0, 0.05) is 5.25 Å². The van der Waals surface area contributed by atoms with E-state index in [9.17, 15) is 4.79 Å². The third-order valence-corrected chi connectivity index (χ3v) is 4.84. The molecule has 0 radical (unpaired) electrons. The van der Waals surface area contributed by atoms with Gasteiger partial charge in [-0.3, -0.25) is 0 Å². The van der Waals surface area contributed by atoms with Gasteiger partial charge in [-0.25, -0.2) is 4.79 Å². The van der Waals surface area contributed by atoms with Gasteiger partial charge in [-0.1, -0.05) is 30.3 Å². The highest BCUT2D eigenvalue weighted by atomic mass is 32.2. The number of alkyl carbamates (subject to hydrolysis) is 1. The fraction of sp³-hybridized carbons (Fsp3) is 0.588. The number of thioether (sulfide) groups is 1. The molecule has 116 valence electrons. The number of rotatable bonds is 4. The molecule has 1 aliphatic heterocycles. The molecule has 0 unspecified atom stereocenters. The Morgan fingerprint density at radius 1 is 1.38 bits per heavy atom. The molecular formula is C17H25NO2S. The van der Waals surface area contributed by atoms with Crippen molar-refractivity contribution in [2.24, 2.45) is 0 Å². The predicted octanol–water partition coefficient (Wildman–Crippen LogP) is 4.54. The number of amides is 1. The minimum Gasteiger partial charge on any atom is -0.444 e. The molecule has 1 aliphatic rings. The number of ether oxygens (including phenoxy) is 1. The molecule has 2 atom stereocenters. The molecule has 2 rings (SSSR count). The Morgan fingerprint density at radius 2 is 2.10 bits per heavy atom. The topological polar surface area (TPSA) is 38.3 Å². The third kappa shape index (κ3) is 5.62. The maximum Gasteiger partial charge on any atom is 0.408 e. The van der Waals surface area contributed by atoms with Crippen LogP contribution in [0.3, 0.4) is 0 Å². The van der Waals surface area contributed by atoms with Crippen molar-refractivity contribution in [2.75, 3.05) is 5.75 Å². The average Bonchev–Trinajstić information content (AvgIpc) is 2.90. The predicted molar refractivity (Wildman–Crippen MR) is 88.6 cm³/mol. The first-order valence-corrected chi connectivity index (χ1v) is 8.65. The molecule has 0 bridgehead atoms. The van der Waals surface area contributed by atoms with E-state index in [1.165, 1.54) is 18.6 Å². The van der Waals surface area contributed by atoms with Crippen LogP contribution in [0.4, 0.5) is 4.79 Å². The summed E-state index contributed by atoms with van der Waals surface area (Å²) in [5.74, 6) is 1.23. The van der Waals surface area contributed by atoms with Crippen LogP contribution < -0.4 is 5.32 Å². The second-order valence-corrected chi connectivity index (χ2v) is 7.89. The zero-order valence-corrected chi connectivity index (χ0v) is 13.9. The molecule has 0 aliphatic carbocycles. The van der Waals surface area contributed by atoms with Crippen molar-refractivity contribution in [3.63, 3.8) is 0 Å². The Balaban J connectivity index is 2.03. The van der Waals surface area contributed by atoms with Crippen LogP contribution in [0.2, 0.25) is 0 Å². The van der Waals surface area contributed by atoms with Gasteiger partial charge in [-0.15, -0.1) is 0 Å². The van der Waals surface area contributed by atoms with Gasteiger partial charge in [0.05, 0.1) is 6.04 Å². The summed E-state index contributed by atoms with van der Waals surface area (Å²) < 4.78 is 5.40. The minimum absolute atomic E-state index is 0.0247. The Labute approximate surface area is 131 Å². The van der Waals surface area contributed by atoms with Crippen LogP contribution in [-0.2, 0) is 4.74 Å². The van der Waals surface area contributed by atoms with Gasteiger partial charge in [-0.05, 0) is 51.3 Å². The van der Waals surface area contributed by atoms with Gasteiger partial charge in [0.15, 0.2) is 0 Å². The van der Waals surface area contributed by atoms with E-state index in [2.05, 4.69) is 17.4 Å². The summed E-state index contributed by atoms with van der Waals surface area (Å²) in [6.45, 7) is 5.66. The monoisotopic (exact) mass is 307 g/mol. The van der Waals surface area contributed by atoms with Crippen LogP contribution in [0, 0.1) is 0 Å². The van der Waals surface area contributed by atoms with E-state index in [4.69, 9.17) is 4.74 Å². The summed E-state index contributed by atoms with van der Waals surface area (Å²) in [5.41, 5.74) is 0.684. The summed E-state index contributed by atoms with van der Waals surface area (Å²) in [6, 6.07) is 10.2. The lowest BCUT2D eigenvalue weighted by Gasteiger charge is -2.25. The van der Waals surface area contributed by atoms with Crippen molar-refractivity contribution in [1.29, 1.82) is 0 Å². The van der Waals surface area contributed by atoms with E-state index < -0.39 is 5.60 Å². The van der Waals surface area contributed by atoms with Crippen LogP contribution in [0.1, 0.15) is 51.6 Å². The van der Waals surface area contributed by atoms with Crippen LogP contribution in [0.15, 0.2) is 30.3 Å². The zero-order chi connectivity index (χ0) is 15.3. The highest BCUT2D eigenvalue weighted by molar-refractivity contribution is 8.00. The molecular weight excluding hydrogens is 282 g/mol. The summed E-state index contributed by atoms with van der Waals surface area (Å²) in [7, 11) is 0. The maximum atomic E-state index is 12.1. The van der Waals surface area contributed by atoms with Crippen molar-refractivity contribution < 1.29 is 9.53 Å². The van der Waals surface area contributed by atoms with Crippen molar-refractivity contribution in [3.8, 4) is 0 Å². The molecule has 0 saturated carbocycles. The van der Waals surface area contributed by atoms with Gasteiger partial charge >= 0.3 is 6.09 Å². The van der Waals surface area contributed by atoms with Crippen LogP contribution >= 0.6 is 11.8 Å². The molecule has 1 amide bonds. The Hall–Kier alpha value is -1.16. The molecule has 0 spiro atoms. The van der Waals surface area contributed by atoms with Gasteiger partial charge in [0.1, 0.15) is 5.60 Å². The second-order valence-electron chi connectivity index (χ2n) is 6.48. The van der Waals surface area contributed by atoms with E-state index in [0.717, 1.165) is 12.0 Å². The zero-order valence-electron chi connectivity index (χ0n) is 13.1. The molecule has 1 heterocycles. The van der Waals surface area contributed by atoms with Crippen molar-refractivity contribution in [1.82, 2.24) is 5.32 Å². The summed E-state index contributed by atoms with van der Waals surface area (Å²) in [6.07, 6.45) is 3.15. The largest absolute Gasteiger partial charge is 0.444 e. The number of hydrogen-bond acceptors (Lipinski definition) is 3. The molecule has 1 N–H and O–H groups in total. The first-order chi connectivity index (χ1) is 9.94. The molecule has 1 aromatic rings. The number of carbonyl (C=O) groups excluding carboxylic acids is 1. The summed E-state index contributed by atoms with van der Waals surface area (Å²) >= 11 is 2.01. The third-order valence-electron chi connectivity index (χ3n) is 3.42. The number of hydrogen-bond donors (Lipinski definition) is 1.